The van der Waals surface area contributed by atoms with E-state index in [2.05, 4.69) is 15.5 Å². The van der Waals surface area contributed by atoms with Crippen LogP contribution >= 0.6 is 0 Å². The maximum atomic E-state index is 12.6. The molecule has 2 aromatic carbocycles. The van der Waals surface area contributed by atoms with Crippen molar-refractivity contribution in [2.75, 3.05) is 40.1 Å². The van der Waals surface area contributed by atoms with Crippen LogP contribution in [0.3, 0.4) is 0 Å². The predicted molar refractivity (Wildman–Crippen MR) is 125 cm³/mol. The summed E-state index contributed by atoms with van der Waals surface area (Å²) in [6, 6.07) is 12.6. The van der Waals surface area contributed by atoms with Gasteiger partial charge in [0, 0.05) is 38.1 Å². The van der Waals surface area contributed by atoms with Gasteiger partial charge in [0.15, 0.2) is 11.5 Å². The second kappa shape index (κ2) is 10.6. The van der Waals surface area contributed by atoms with E-state index in [-0.39, 0.29) is 24.8 Å². The van der Waals surface area contributed by atoms with Gasteiger partial charge in [-0.2, -0.15) is 0 Å². The van der Waals surface area contributed by atoms with Crippen LogP contribution < -0.4 is 24.8 Å². The zero-order valence-corrected chi connectivity index (χ0v) is 19.5. The number of amides is 2. The van der Waals surface area contributed by atoms with E-state index in [4.69, 9.17) is 14.2 Å². The average molecular weight is 470 g/mol. The van der Waals surface area contributed by atoms with Crippen molar-refractivity contribution in [2.24, 2.45) is 5.92 Å². The maximum absolute atomic E-state index is 12.6. The molecule has 0 saturated carbocycles. The number of benzene rings is 2. The standard InChI is InChI=1S/C25H31N3O6/c1-3-10-26-25(31)27-11-12-28-14-19(17-6-9-20-21(13-17)34-15-33-20)22(24(29)30)23(28)16-4-7-18(32-2)8-5-16/h4-9,13,19,22-23H,3,10-12,14-15H2,1-2H3,(H,29,30)(H2,26,27,31)/t19-,22+,23-/m1/s1. The molecule has 0 bridgehead atoms. The number of ether oxygens (including phenoxy) is 3. The molecule has 9 nitrogen and oxygen atoms in total. The van der Waals surface area contributed by atoms with Crippen molar-refractivity contribution in [3.05, 3.63) is 53.6 Å². The number of methoxy groups -OCH3 is 1. The molecule has 1 fully saturated rings. The summed E-state index contributed by atoms with van der Waals surface area (Å²) >= 11 is 0. The first-order chi connectivity index (χ1) is 16.5. The topological polar surface area (TPSA) is 109 Å². The Labute approximate surface area is 199 Å². The van der Waals surface area contributed by atoms with Gasteiger partial charge in [-0.1, -0.05) is 25.1 Å². The number of nitrogens with zero attached hydrogens (tertiary/aromatic N) is 1. The Bertz CT molecular complexity index is 1010. The summed E-state index contributed by atoms with van der Waals surface area (Å²) < 4.78 is 16.2. The number of hydrogen-bond acceptors (Lipinski definition) is 6. The smallest absolute Gasteiger partial charge is 0.314 e. The summed E-state index contributed by atoms with van der Waals surface area (Å²) in [4.78, 5) is 26.7. The third-order valence-electron chi connectivity index (χ3n) is 6.39. The van der Waals surface area contributed by atoms with E-state index in [1.54, 1.807) is 7.11 Å². The molecule has 9 heteroatoms. The molecule has 2 aliphatic rings. The summed E-state index contributed by atoms with van der Waals surface area (Å²) in [5, 5.41) is 16.0. The number of likely N-dealkylation sites (tertiary alicyclic amines) is 1. The molecule has 4 rings (SSSR count). The number of carboxylic acids is 1. The van der Waals surface area contributed by atoms with Crippen LogP contribution in [0.4, 0.5) is 4.79 Å². The van der Waals surface area contributed by atoms with Crippen LogP contribution in [0, 0.1) is 5.92 Å². The van der Waals surface area contributed by atoms with Crippen molar-refractivity contribution in [1.82, 2.24) is 15.5 Å². The third kappa shape index (κ3) is 5.04. The first-order valence-electron chi connectivity index (χ1n) is 11.5. The van der Waals surface area contributed by atoms with E-state index >= 15 is 0 Å². The molecule has 1 saturated heterocycles. The van der Waals surface area contributed by atoms with Crippen LogP contribution in [0.5, 0.6) is 17.2 Å². The molecule has 2 aliphatic heterocycles. The largest absolute Gasteiger partial charge is 0.497 e. The molecule has 0 aliphatic carbocycles. The quantitative estimate of drug-likeness (QED) is 0.518. The van der Waals surface area contributed by atoms with Gasteiger partial charge < -0.3 is 30.0 Å². The van der Waals surface area contributed by atoms with E-state index in [9.17, 15) is 14.7 Å². The first-order valence-corrected chi connectivity index (χ1v) is 11.5. The Morgan fingerprint density at radius 1 is 1.06 bits per heavy atom. The molecular weight excluding hydrogens is 438 g/mol. The number of carbonyl (C=O) groups is 2. The summed E-state index contributed by atoms with van der Waals surface area (Å²) in [5.74, 6) is 0.215. The third-order valence-corrected chi connectivity index (χ3v) is 6.39. The van der Waals surface area contributed by atoms with Crippen LogP contribution in [-0.2, 0) is 4.79 Å². The number of carboxylic acid groups (broad SMARTS) is 1. The van der Waals surface area contributed by atoms with E-state index in [0.29, 0.717) is 43.4 Å². The van der Waals surface area contributed by atoms with Crippen molar-refractivity contribution in [1.29, 1.82) is 0 Å². The fourth-order valence-corrected chi connectivity index (χ4v) is 4.75. The van der Waals surface area contributed by atoms with Gasteiger partial charge in [-0.05, 0) is 41.8 Å². The molecule has 0 radical (unpaired) electrons. The molecule has 3 atom stereocenters. The van der Waals surface area contributed by atoms with Crippen molar-refractivity contribution in [2.45, 2.75) is 25.3 Å². The SMILES string of the molecule is CCCNC(=O)NCCN1C[C@H](c2ccc3c(c2)OCO3)[C@H](C(=O)O)[C@H]1c1ccc(OC)cc1. The Hall–Kier alpha value is -3.46. The molecule has 0 spiro atoms. The average Bonchev–Trinajstić information content (AvgIpc) is 3.47. The zero-order chi connectivity index (χ0) is 24.1. The van der Waals surface area contributed by atoms with E-state index in [1.807, 2.05) is 49.4 Å². The lowest BCUT2D eigenvalue weighted by molar-refractivity contribution is -0.143. The molecule has 2 heterocycles. The number of fused-ring (bicyclic) bond motifs is 1. The Balaban J connectivity index is 1.60. The molecule has 182 valence electrons. The summed E-state index contributed by atoms with van der Waals surface area (Å²) in [5.41, 5.74) is 1.79. The van der Waals surface area contributed by atoms with Crippen LogP contribution in [0.25, 0.3) is 0 Å². The van der Waals surface area contributed by atoms with Gasteiger partial charge in [0.2, 0.25) is 6.79 Å². The fourth-order valence-electron chi connectivity index (χ4n) is 4.75. The van der Waals surface area contributed by atoms with Crippen LogP contribution in [0.1, 0.15) is 36.4 Å². The van der Waals surface area contributed by atoms with E-state index in [0.717, 1.165) is 17.5 Å². The van der Waals surface area contributed by atoms with Crippen molar-refractivity contribution in [3.63, 3.8) is 0 Å². The van der Waals surface area contributed by atoms with Crippen molar-refractivity contribution >= 4 is 12.0 Å². The van der Waals surface area contributed by atoms with Gasteiger partial charge in [0.25, 0.3) is 0 Å². The van der Waals surface area contributed by atoms with E-state index in [1.165, 1.54) is 0 Å². The summed E-state index contributed by atoms with van der Waals surface area (Å²) in [7, 11) is 1.60. The van der Waals surface area contributed by atoms with Gasteiger partial charge in [0.1, 0.15) is 5.75 Å². The second-order valence-corrected chi connectivity index (χ2v) is 8.48. The highest BCUT2D eigenvalue weighted by Crippen LogP contribution is 2.47. The molecule has 0 aromatic heterocycles. The minimum atomic E-state index is -0.861. The molecule has 3 N–H and O–H groups in total. The normalized spacial score (nSPS) is 21.3. The van der Waals surface area contributed by atoms with E-state index < -0.39 is 11.9 Å². The van der Waals surface area contributed by atoms with Crippen molar-refractivity contribution in [3.8, 4) is 17.2 Å². The Morgan fingerprint density at radius 3 is 2.47 bits per heavy atom. The number of rotatable bonds is 9. The summed E-state index contributed by atoms with van der Waals surface area (Å²) in [6.45, 7) is 4.22. The molecule has 0 unspecified atom stereocenters. The molecule has 2 amide bonds. The highest BCUT2D eigenvalue weighted by molar-refractivity contribution is 5.74. The molecular formula is C25H31N3O6. The Morgan fingerprint density at radius 2 is 1.76 bits per heavy atom. The van der Waals surface area contributed by atoms with Gasteiger partial charge in [0.05, 0.1) is 13.0 Å². The number of hydrogen-bond donors (Lipinski definition) is 3. The van der Waals surface area contributed by atoms with Gasteiger partial charge in [-0.25, -0.2) is 4.79 Å². The Kier molecular flexibility index (Phi) is 7.42. The summed E-state index contributed by atoms with van der Waals surface area (Å²) in [6.07, 6.45) is 0.858. The zero-order valence-electron chi connectivity index (χ0n) is 19.5. The highest BCUT2D eigenvalue weighted by atomic mass is 16.7. The second-order valence-electron chi connectivity index (χ2n) is 8.48. The van der Waals surface area contributed by atoms with Gasteiger partial charge >= 0.3 is 12.0 Å². The minimum absolute atomic E-state index is 0.165. The van der Waals surface area contributed by atoms with Crippen LogP contribution in [0.2, 0.25) is 0 Å². The number of aliphatic carboxylic acids is 1. The number of urea groups is 1. The minimum Gasteiger partial charge on any atom is -0.497 e. The fraction of sp³-hybridized carbons (Fsp3) is 0.440. The lowest BCUT2D eigenvalue weighted by Crippen LogP contribution is -2.41. The first kappa shape index (κ1) is 23.7. The van der Waals surface area contributed by atoms with Crippen LogP contribution in [-0.4, -0.2) is 62.1 Å². The van der Waals surface area contributed by atoms with Crippen LogP contribution in [0.15, 0.2) is 42.5 Å². The van der Waals surface area contributed by atoms with Gasteiger partial charge in [-0.15, -0.1) is 0 Å². The monoisotopic (exact) mass is 469 g/mol. The number of carbonyl (C=O) groups excluding carboxylic acids is 1. The highest BCUT2D eigenvalue weighted by Gasteiger charge is 2.47. The molecule has 2 aromatic rings. The maximum Gasteiger partial charge on any atom is 0.314 e. The number of nitrogens with one attached hydrogen (secondary N) is 2. The van der Waals surface area contributed by atoms with Gasteiger partial charge in [-0.3, -0.25) is 9.69 Å². The lowest BCUT2D eigenvalue weighted by Gasteiger charge is -2.27. The lowest BCUT2D eigenvalue weighted by atomic mass is 9.82. The van der Waals surface area contributed by atoms with Crippen molar-refractivity contribution < 1.29 is 28.9 Å². The predicted octanol–water partition coefficient (Wildman–Crippen LogP) is 2.97. The molecule has 34 heavy (non-hydrogen) atoms.